The first kappa shape index (κ1) is 99.5. The molecule has 0 radical (unpaired) electrons. The largest absolute Gasteiger partial charge is 0.472 e. The third kappa shape index (κ3) is 75.8. The molecule has 0 aliphatic carbocycles. The Bertz CT molecular complexity index is 2020. The molecule has 0 spiro atoms. The molecule has 0 aromatic heterocycles. The van der Waals surface area contributed by atoms with E-state index in [-0.39, 0.29) is 25.7 Å². The molecule has 0 aliphatic heterocycles. The fourth-order valence-electron chi connectivity index (χ4n) is 12.4. The van der Waals surface area contributed by atoms with E-state index in [0.29, 0.717) is 25.7 Å². The normalized spacial score (nSPS) is 13.9. The van der Waals surface area contributed by atoms with E-state index in [1.54, 1.807) is 0 Å². The molecule has 102 heavy (non-hydrogen) atoms. The average molecular weight is 1490 g/mol. The maximum absolute atomic E-state index is 13.1. The first-order chi connectivity index (χ1) is 49.7. The Morgan fingerprint density at radius 1 is 0.265 bits per heavy atom. The third-order valence-corrected chi connectivity index (χ3v) is 20.8. The lowest BCUT2D eigenvalue weighted by Gasteiger charge is -2.21. The average Bonchev–Trinajstić information content (AvgIpc) is 1.12. The molecule has 0 aromatic rings. The van der Waals surface area contributed by atoms with Gasteiger partial charge in [0.25, 0.3) is 0 Å². The molecule has 602 valence electrons. The Balaban J connectivity index is 5.31. The van der Waals surface area contributed by atoms with E-state index >= 15 is 0 Å². The molecule has 0 aromatic carbocycles. The molecule has 19 heteroatoms. The van der Waals surface area contributed by atoms with Crippen molar-refractivity contribution in [3.05, 3.63) is 24.3 Å². The molecular formula is C83H158O17P2. The zero-order valence-electron chi connectivity index (χ0n) is 66.1. The van der Waals surface area contributed by atoms with Crippen molar-refractivity contribution in [3.63, 3.8) is 0 Å². The topological polar surface area (TPSA) is 237 Å². The van der Waals surface area contributed by atoms with Crippen molar-refractivity contribution < 1.29 is 80.2 Å². The van der Waals surface area contributed by atoms with Gasteiger partial charge in [0.1, 0.15) is 19.3 Å². The van der Waals surface area contributed by atoms with Crippen molar-refractivity contribution in [1.82, 2.24) is 0 Å². The van der Waals surface area contributed by atoms with Crippen LogP contribution in [0.4, 0.5) is 0 Å². The lowest BCUT2D eigenvalue weighted by molar-refractivity contribution is -0.161. The molecule has 0 rings (SSSR count). The maximum atomic E-state index is 13.1. The second kappa shape index (κ2) is 76.7. The molecule has 0 saturated carbocycles. The van der Waals surface area contributed by atoms with E-state index in [2.05, 4.69) is 52.0 Å². The molecule has 0 saturated heterocycles. The number of ether oxygens (including phenoxy) is 4. The van der Waals surface area contributed by atoms with Gasteiger partial charge in [-0.3, -0.25) is 37.3 Å². The van der Waals surface area contributed by atoms with E-state index in [1.807, 2.05) is 0 Å². The van der Waals surface area contributed by atoms with Gasteiger partial charge in [0.2, 0.25) is 0 Å². The summed E-state index contributed by atoms with van der Waals surface area (Å²) in [6.45, 7) is 4.99. The van der Waals surface area contributed by atoms with Gasteiger partial charge in [-0.2, -0.15) is 0 Å². The molecule has 0 fully saturated rings. The number of rotatable bonds is 82. The molecule has 17 nitrogen and oxygen atoms in total. The fraction of sp³-hybridized carbons (Fsp3) is 0.904. The van der Waals surface area contributed by atoms with Gasteiger partial charge >= 0.3 is 39.5 Å². The molecule has 3 N–H and O–H groups in total. The predicted molar refractivity (Wildman–Crippen MR) is 418 cm³/mol. The molecule has 2 unspecified atom stereocenters. The van der Waals surface area contributed by atoms with Gasteiger partial charge in [-0.05, 0) is 77.0 Å². The van der Waals surface area contributed by atoms with Crippen LogP contribution in [0, 0.1) is 0 Å². The van der Waals surface area contributed by atoms with Crippen LogP contribution in [-0.4, -0.2) is 96.7 Å². The molecule has 0 aliphatic rings. The van der Waals surface area contributed by atoms with Gasteiger partial charge in [-0.1, -0.05) is 347 Å². The highest BCUT2D eigenvalue weighted by Gasteiger charge is 2.30. The van der Waals surface area contributed by atoms with Crippen molar-refractivity contribution in [2.75, 3.05) is 39.6 Å². The summed E-state index contributed by atoms with van der Waals surface area (Å²) in [5, 5.41) is 10.7. The summed E-state index contributed by atoms with van der Waals surface area (Å²) in [5.41, 5.74) is 0. The van der Waals surface area contributed by atoms with Gasteiger partial charge in [-0.15, -0.1) is 0 Å². The second-order valence-corrected chi connectivity index (χ2v) is 32.0. The van der Waals surface area contributed by atoms with Crippen LogP contribution in [0.3, 0.4) is 0 Å². The molecule has 0 bridgehead atoms. The number of aliphatic hydroxyl groups is 1. The van der Waals surface area contributed by atoms with Gasteiger partial charge in [0.05, 0.1) is 26.4 Å². The van der Waals surface area contributed by atoms with Crippen LogP contribution in [0.15, 0.2) is 24.3 Å². The number of allylic oxidation sites excluding steroid dienone is 4. The van der Waals surface area contributed by atoms with Crippen molar-refractivity contribution in [1.29, 1.82) is 0 Å². The van der Waals surface area contributed by atoms with E-state index in [1.165, 1.54) is 225 Å². The predicted octanol–water partition coefficient (Wildman–Crippen LogP) is 24.9. The third-order valence-electron chi connectivity index (χ3n) is 18.9. The Labute approximate surface area is 624 Å². The summed E-state index contributed by atoms with van der Waals surface area (Å²) < 4.78 is 68.8. The van der Waals surface area contributed by atoms with E-state index < -0.39 is 97.5 Å². The van der Waals surface area contributed by atoms with Crippen LogP contribution in [0.5, 0.6) is 0 Å². The van der Waals surface area contributed by atoms with Crippen LogP contribution in [0.25, 0.3) is 0 Å². The number of carbonyl (C=O) groups excluding carboxylic acids is 4. The molecule has 5 atom stereocenters. The van der Waals surface area contributed by atoms with Crippen LogP contribution in [-0.2, 0) is 65.4 Å². The smallest absolute Gasteiger partial charge is 0.462 e. The number of hydrogen-bond acceptors (Lipinski definition) is 15. The van der Waals surface area contributed by atoms with Crippen molar-refractivity contribution >= 4 is 39.5 Å². The Morgan fingerprint density at radius 3 is 0.676 bits per heavy atom. The maximum Gasteiger partial charge on any atom is 0.472 e. The number of phosphoric ester groups is 2. The number of carbonyl (C=O) groups is 4. The number of unbranched alkanes of at least 4 members (excludes halogenated alkanes) is 52. The van der Waals surface area contributed by atoms with Crippen molar-refractivity contribution in [3.8, 4) is 0 Å². The molecule has 0 amide bonds. The number of esters is 4. The Hall–Kier alpha value is -2.46. The highest BCUT2D eigenvalue weighted by molar-refractivity contribution is 7.47. The first-order valence-electron chi connectivity index (χ1n) is 42.6. The van der Waals surface area contributed by atoms with Crippen LogP contribution >= 0.6 is 15.6 Å². The second-order valence-electron chi connectivity index (χ2n) is 29.1. The summed E-state index contributed by atoms with van der Waals surface area (Å²) in [6, 6.07) is 0. The zero-order chi connectivity index (χ0) is 74.6. The Morgan fingerprint density at radius 2 is 0.451 bits per heavy atom. The van der Waals surface area contributed by atoms with Gasteiger partial charge in [-0.25, -0.2) is 9.13 Å². The summed E-state index contributed by atoms with van der Waals surface area (Å²) in [7, 11) is -9.94. The van der Waals surface area contributed by atoms with Crippen LogP contribution < -0.4 is 0 Å². The number of aliphatic hydroxyl groups excluding tert-OH is 1. The SMILES string of the molecule is CCCCCCCC/C=C\CCCCCCCC(=O)OC[C@H](COP(=O)(O)OC[C@@H](O)COP(=O)(O)OC[C@@H](COC(=O)CCCCCCCCCCCCCCCCC)OC(=O)CCCCCCC/C=C\CCCCCCCC)OC(=O)CCCCCCCCCCCCCCCCCCC. The van der Waals surface area contributed by atoms with E-state index in [4.69, 9.17) is 37.0 Å². The minimum atomic E-state index is -4.97. The molecular weight excluding hydrogens is 1330 g/mol. The lowest BCUT2D eigenvalue weighted by atomic mass is 10.0. The Kier molecular flexibility index (Phi) is 74.9. The minimum Gasteiger partial charge on any atom is -0.462 e. The van der Waals surface area contributed by atoms with E-state index in [0.717, 1.165) is 122 Å². The number of hydrogen-bond donors (Lipinski definition) is 3. The van der Waals surface area contributed by atoms with Crippen LogP contribution in [0.1, 0.15) is 426 Å². The fourth-order valence-corrected chi connectivity index (χ4v) is 14.0. The standard InChI is InChI=1S/C83H158O17P2/c1-5-9-13-17-21-25-29-33-37-38-42-46-50-54-58-62-66-70-83(88)100-79(74-94-81(86)68-64-60-56-52-48-44-40-35-31-27-23-19-15-11-7-3)76-98-102(91,92)96-72-77(84)71-95-101(89,90)97-75-78(99-82(87)69-65-61-57-53-49-45-41-36-32-28-24-20-16-12-8-4)73-93-80(85)67-63-59-55-51-47-43-39-34-30-26-22-18-14-10-6-2/h35-36,40-41,77-79,84H,5-34,37-39,42-76H2,1-4H3,(H,89,90)(H,91,92)/b40-35-,41-36-/t77-,78+,79+/m0/s1. The summed E-state index contributed by atoms with van der Waals surface area (Å²) in [5.74, 6) is -2.13. The van der Waals surface area contributed by atoms with Gasteiger partial charge < -0.3 is 33.8 Å². The summed E-state index contributed by atoms with van der Waals surface area (Å²) >= 11 is 0. The van der Waals surface area contributed by atoms with Crippen molar-refractivity contribution in [2.45, 2.75) is 444 Å². The lowest BCUT2D eigenvalue weighted by Crippen LogP contribution is -2.30. The van der Waals surface area contributed by atoms with E-state index in [9.17, 15) is 43.2 Å². The quantitative estimate of drug-likeness (QED) is 0.0169. The first-order valence-corrected chi connectivity index (χ1v) is 45.6. The van der Waals surface area contributed by atoms with Crippen LogP contribution in [0.2, 0.25) is 0 Å². The minimum absolute atomic E-state index is 0.0940. The highest BCUT2D eigenvalue weighted by Crippen LogP contribution is 2.45. The van der Waals surface area contributed by atoms with Gasteiger partial charge in [0, 0.05) is 25.7 Å². The summed E-state index contributed by atoms with van der Waals surface area (Å²) in [6.07, 6.45) is 72.8. The molecule has 0 heterocycles. The zero-order valence-corrected chi connectivity index (χ0v) is 67.9. The van der Waals surface area contributed by atoms with Crippen molar-refractivity contribution in [2.24, 2.45) is 0 Å². The monoisotopic (exact) mass is 1490 g/mol. The highest BCUT2D eigenvalue weighted by atomic mass is 31.2. The summed E-state index contributed by atoms with van der Waals surface area (Å²) in [4.78, 5) is 73.1. The number of phosphoric acid groups is 2. The van der Waals surface area contributed by atoms with Gasteiger partial charge in [0.15, 0.2) is 12.2 Å².